The van der Waals surface area contributed by atoms with Crippen LogP contribution in [0.2, 0.25) is 0 Å². The molecule has 0 spiro atoms. The summed E-state index contributed by atoms with van der Waals surface area (Å²) in [5, 5.41) is 17.7. The van der Waals surface area contributed by atoms with Gasteiger partial charge in [-0.05, 0) is 19.8 Å². The van der Waals surface area contributed by atoms with E-state index >= 15 is 0 Å². The molecule has 3 heterocycles. The molecule has 0 aromatic carbocycles. The summed E-state index contributed by atoms with van der Waals surface area (Å²) < 4.78 is 7.02. The van der Waals surface area contributed by atoms with Gasteiger partial charge in [-0.1, -0.05) is 0 Å². The van der Waals surface area contributed by atoms with Gasteiger partial charge in [0.25, 0.3) is 0 Å². The van der Waals surface area contributed by atoms with Crippen molar-refractivity contribution >= 4 is 22.7 Å². The number of carboxylic acids is 1. The lowest BCUT2D eigenvalue weighted by atomic mass is 9.91. The van der Waals surface area contributed by atoms with Gasteiger partial charge in [0.15, 0.2) is 5.65 Å². The molecule has 2 aromatic heterocycles. The lowest BCUT2D eigenvalue weighted by Gasteiger charge is -2.36. The molecule has 0 atom stereocenters. The quantitative estimate of drug-likeness (QED) is 0.893. The van der Waals surface area contributed by atoms with Crippen molar-refractivity contribution in [3.8, 4) is 0 Å². The number of anilines is 1. The van der Waals surface area contributed by atoms with Crippen LogP contribution < -0.4 is 5.32 Å². The average molecular weight is 290 g/mol. The molecule has 1 aliphatic heterocycles. The van der Waals surface area contributed by atoms with Crippen LogP contribution in [0.5, 0.6) is 0 Å². The highest BCUT2D eigenvalue weighted by atomic mass is 16.5. The van der Waals surface area contributed by atoms with Crippen LogP contribution in [0.25, 0.3) is 11.0 Å². The minimum Gasteiger partial charge on any atom is -0.478 e. The standard InChI is InChI=1S/C14H18N4O3/c1-14(3-5-21-6-4-14)17-11-9-8-16-18(2)12(9)15-7-10(11)13(19)20/h7-8H,3-6H2,1-2H3,(H,15,17)(H,19,20). The molecule has 3 rings (SSSR count). The maximum atomic E-state index is 11.5. The number of aromatic carboxylic acids is 1. The minimum atomic E-state index is -0.994. The van der Waals surface area contributed by atoms with Crippen molar-refractivity contribution in [2.75, 3.05) is 18.5 Å². The van der Waals surface area contributed by atoms with Crippen molar-refractivity contribution in [2.45, 2.75) is 25.3 Å². The first-order valence-electron chi connectivity index (χ1n) is 6.90. The van der Waals surface area contributed by atoms with Crippen molar-refractivity contribution < 1.29 is 14.6 Å². The van der Waals surface area contributed by atoms with Gasteiger partial charge in [0.1, 0.15) is 5.56 Å². The monoisotopic (exact) mass is 290 g/mol. The molecule has 2 aromatic rings. The number of pyridine rings is 1. The van der Waals surface area contributed by atoms with E-state index in [1.165, 1.54) is 6.20 Å². The van der Waals surface area contributed by atoms with Crippen LogP contribution in [0.15, 0.2) is 12.4 Å². The normalized spacial score (nSPS) is 17.8. The Morgan fingerprint density at radius 3 is 2.81 bits per heavy atom. The molecule has 7 nitrogen and oxygen atoms in total. The fraction of sp³-hybridized carbons (Fsp3) is 0.500. The number of nitrogens with zero attached hydrogens (tertiary/aromatic N) is 3. The molecular weight excluding hydrogens is 272 g/mol. The highest BCUT2D eigenvalue weighted by Gasteiger charge is 2.30. The van der Waals surface area contributed by atoms with Crippen LogP contribution >= 0.6 is 0 Å². The van der Waals surface area contributed by atoms with Crippen molar-refractivity contribution in [3.63, 3.8) is 0 Å². The van der Waals surface area contributed by atoms with Crippen LogP contribution in [0.1, 0.15) is 30.1 Å². The third kappa shape index (κ3) is 2.44. The second-order valence-corrected chi connectivity index (χ2v) is 5.66. The molecule has 0 amide bonds. The van der Waals surface area contributed by atoms with E-state index in [-0.39, 0.29) is 11.1 Å². The molecular formula is C14H18N4O3. The zero-order valence-electron chi connectivity index (χ0n) is 12.1. The van der Waals surface area contributed by atoms with E-state index in [0.29, 0.717) is 24.5 Å². The van der Waals surface area contributed by atoms with Gasteiger partial charge in [-0.25, -0.2) is 9.78 Å². The van der Waals surface area contributed by atoms with Gasteiger partial charge < -0.3 is 15.2 Å². The van der Waals surface area contributed by atoms with Crippen molar-refractivity contribution in [2.24, 2.45) is 7.05 Å². The topological polar surface area (TPSA) is 89.3 Å². The molecule has 0 radical (unpaired) electrons. The van der Waals surface area contributed by atoms with Gasteiger partial charge in [-0.2, -0.15) is 5.10 Å². The average Bonchev–Trinajstić information content (AvgIpc) is 2.81. The summed E-state index contributed by atoms with van der Waals surface area (Å²) in [6.45, 7) is 3.43. The van der Waals surface area contributed by atoms with Gasteiger partial charge >= 0.3 is 5.97 Å². The maximum Gasteiger partial charge on any atom is 0.339 e. The largest absolute Gasteiger partial charge is 0.478 e. The highest BCUT2D eigenvalue weighted by molar-refractivity contribution is 6.03. The second-order valence-electron chi connectivity index (χ2n) is 5.66. The molecule has 1 aliphatic rings. The lowest BCUT2D eigenvalue weighted by molar-refractivity contribution is 0.0656. The Morgan fingerprint density at radius 2 is 2.14 bits per heavy atom. The van der Waals surface area contributed by atoms with E-state index in [2.05, 4.69) is 22.3 Å². The third-order valence-electron chi connectivity index (χ3n) is 4.02. The smallest absolute Gasteiger partial charge is 0.339 e. The Labute approximate surface area is 121 Å². The number of nitrogens with one attached hydrogen (secondary N) is 1. The summed E-state index contributed by atoms with van der Waals surface area (Å²) in [4.78, 5) is 15.7. The zero-order valence-corrected chi connectivity index (χ0v) is 12.1. The van der Waals surface area contributed by atoms with E-state index in [1.807, 2.05) is 0 Å². The molecule has 0 bridgehead atoms. The van der Waals surface area contributed by atoms with Crippen LogP contribution in [0.4, 0.5) is 5.69 Å². The lowest BCUT2D eigenvalue weighted by Crippen LogP contribution is -2.41. The fourth-order valence-corrected chi connectivity index (χ4v) is 2.64. The Kier molecular flexibility index (Phi) is 3.29. The van der Waals surface area contributed by atoms with E-state index in [4.69, 9.17) is 4.74 Å². The maximum absolute atomic E-state index is 11.5. The van der Waals surface area contributed by atoms with E-state index < -0.39 is 5.97 Å². The number of ether oxygens (including phenoxy) is 1. The molecule has 112 valence electrons. The molecule has 1 fully saturated rings. The van der Waals surface area contributed by atoms with Gasteiger partial charge in [0.2, 0.25) is 0 Å². The first-order chi connectivity index (χ1) is 10.0. The van der Waals surface area contributed by atoms with E-state index in [0.717, 1.165) is 18.2 Å². The number of hydrogen-bond acceptors (Lipinski definition) is 5. The Morgan fingerprint density at radius 1 is 1.43 bits per heavy atom. The fourth-order valence-electron chi connectivity index (χ4n) is 2.64. The van der Waals surface area contributed by atoms with Gasteiger partial charge in [0, 0.05) is 32.0 Å². The summed E-state index contributed by atoms with van der Waals surface area (Å²) in [5.41, 5.74) is 1.23. The number of aromatic nitrogens is 3. The Hall–Kier alpha value is -2.15. The zero-order chi connectivity index (χ0) is 15.0. The van der Waals surface area contributed by atoms with Crippen molar-refractivity contribution in [3.05, 3.63) is 18.0 Å². The Bertz CT molecular complexity index is 689. The second kappa shape index (κ2) is 5.00. The van der Waals surface area contributed by atoms with Crippen LogP contribution in [-0.4, -0.2) is 44.6 Å². The molecule has 21 heavy (non-hydrogen) atoms. The van der Waals surface area contributed by atoms with Crippen LogP contribution in [0.3, 0.4) is 0 Å². The minimum absolute atomic E-state index is 0.170. The predicted octanol–water partition coefficient (Wildman–Crippen LogP) is 1.65. The number of aryl methyl sites for hydroxylation is 1. The van der Waals surface area contributed by atoms with E-state index in [1.54, 1.807) is 17.9 Å². The molecule has 2 N–H and O–H groups in total. The summed E-state index contributed by atoms with van der Waals surface area (Å²) in [7, 11) is 1.79. The number of carbonyl (C=O) groups is 1. The van der Waals surface area contributed by atoms with Crippen molar-refractivity contribution in [1.29, 1.82) is 0 Å². The number of rotatable bonds is 3. The highest BCUT2D eigenvalue weighted by Crippen LogP contribution is 2.32. The predicted molar refractivity (Wildman–Crippen MR) is 77.5 cm³/mol. The van der Waals surface area contributed by atoms with Crippen LogP contribution in [0, 0.1) is 0 Å². The summed E-state index contributed by atoms with van der Waals surface area (Å²) >= 11 is 0. The number of fused-ring (bicyclic) bond motifs is 1. The van der Waals surface area contributed by atoms with Crippen LogP contribution in [-0.2, 0) is 11.8 Å². The van der Waals surface area contributed by atoms with Gasteiger partial charge in [-0.15, -0.1) is 0 Å². The van der Waals surface area contributed by atoms with Crippen molar-refractivity contribution in [1.82, 2.24) is 14.8 Å². The third-order valence-corrected chi connectivity index (χ3v) is 4.02. The summed E-state index contributed by atoms with van der Waals surface area (Å²) in [6, 6.07) is 0. The molecule has 0 saturated carbocycles. The van der Waals surface area contributed by atoms with Gasteiger partial charge in [0.05, 0.1) is 17.3 Å². The van der Waals surface area contributed by atoms with E-state index in [9.17, 15) is 9.90 Å². The molecule has 7 heteroatoms. The number of hydrogen-bond donors (Lipinski definition) is 2. The molecule has 1 saturated heterocycles. The first-order valence-corrected chi connectivity index (χ1v) is 6.90. The molecule has 0 unspecified atom stereocenters. The SMILES string of the molecule is Cn1ncc2c(NC3(C)CCOCC3)c(C(=O)O)cnc21. The summed E-state index contributed by atoms with van der Waals surface area (Å²) in [6.07, 6.45) is 4.70. The molecule has 0 aliphatic carbocycles. The Balaban J connectivity index is 2.09. The van der Waals surface area contributed by atoms with Gasteiger partial charge in [-0.3, -0.25) is 4.68 Å². The number of carboxylic acid groups (broad SMARTS) is 1. The summed E-state index contributed by atoms with van der Waals surface area (Å²) in [5.74, 6) is -0.994. The first kappa shape index (κ1) is 13.8.